The molecule has 0 atom stereocenters. The third-order valence-corrected chi connectivity index (χ3v) is 5.34. The van der Waals surface area contributed by atoms with Crippen molar-refractivity contribution in [1.82, 2.24) is 4.98 Å². The zero-order valence-corrected chi connectivity index (χ0v) is 18.5. The summed E-state index contributed by atoms with van der Waals surface area (Å²) in [4.78, 5) is 16.9. The van der Waals surface area contributed by atoms with Crippen LogP contribution < -0.4 is 14.8 Å². The van der Waals surface area contributed by atoms with Crippen LogP contribution in [0.1, 0.15) is 15.9 Å². The highest BCUT2D eigenvalue weighted by Gasteiger charge is 2.29. The lowest BCUT2D eigenvalue weighted by molar-refractivity contribution is 0.0716. The molecule has 35 heavy (non-hydrogen) atoms. The first-order valence-electron chi connectivity index (χ1n) is 9.90. The number of pyridine rings is 1. The highest BCUT2D eigenvalue weighted by Crippen LogP contribution is 2.32. The van der Waals surface area contributed by atoms with Gasteiger partial charge < -0.3 is 14.8 Å². The van der Waals surface area contributed by atoms with Crippen LogP contribution in [0.5, 0.6) is 11.5 Å². The number of rotatable bonds is 6. The summed E-state index contributed by atoms with van der Waals surface area (Å²) in [6, 6.07) is 11.6. The smallest absolute Gasteiger partial charge is 0.347 e. The maximum Gasteiger partial charge on any atom is 0.347 e. The van der Waals surface area contributed by atoms with Crippen LogP contribution >= 0.6 is 11.6 Å². The van der Waals surface area contributed by atoms with E-state index >= 15 is 0 Å². The second-order valence-electron chi connectivity index (χ2n) is 7.18. The van der Waals surface area contributed by atoms with Crippen molar-refractivity contribution in [1.29, 1.82) is 0 Å². The topological polar surface area (TPSA) is 60.5 Å². The van der Waals surface area contributed by atoms with Crippen LogP contribution in [0.3, 0.4) is 0 Å². The van der Waals surface area contributed by atoms with E-state index < -0.39 is 40.8 Å². The third-order valence-electron chi connectivity index (χ3n) is 5.05. The number of fused-ring (bicyclic) bond motifs is 1. The zero-order chi connectivity index (χ0) is 25.3. The molecule has 0 fully saturated rings. The fraction of sp³-hybridized carbons (Fsp3) is 0.0833. The highest BCUT2D eigenvalue weighted by atomic mass is 35.5. The van der Waals surface area contributed by atoms with Gasteiger partial charge in [0.15, 0.2) is 0 Å². The Labute approximate surface area is 200 Å². The molecule has 0 unspecified atom stereocenters. The minimum Gasteiger partial charge on any atom is -0.495 e. The van der Waals surface area contributed by atoms with Gasteiger partial charge in [-0.15, -0.1) is 0 Å². The van der Waals surface area contributed by atoms with Crippen LogP contribution in [0.15, 0.2) is 48.7 Å². The summed E-state index contributed by atoms with van der Waals surface area (Å²) in [5.41, 5.74) is 1.02. The van der Waals surface area contributed by atoms with E-state index in [0.29, 0.717) is 27.2 Å². The molecule has 180 valence electrons. The number of carbonyl (C=O) groups excluding carboxylic acids is 1. The maximum absolute atomic E-state index is 14.0. The lowest BCUT2D eigenvalue weighted by atomic mass is 10.1. The van der Waals surface area contributed by atoms with Crippen LogP contribution in [0.2, 0.25) is 5.02 Å². The summed E-state index contributed by atoms with van der Waals surface area (Å²) in [6.07, 6.45) is 1.07. The number of nitrogens with zero attached hydrogens (tertiary/aromatic N) is 1. The minimum atomic E-state index is -2.37. The molecule has 0 spiro atoms. The Morgan fingerprint density at radius 3 is 2.29 bits per heavy atom. The second-order valence-corrected chi connectivity index (χ2v) is 7.58. The van der Waals surface area contributed by atoms with Crippen LogP contribution in [-0.4, -0.2) is 18.1 Å². The number of benzene rings is 3. The van der Waals surface area contributed by atoms with Gasteiger partial charge in [-0.1, -0.05) is 35.9 Å². The number of aromatic nitrogens is 1. The third kappa shape index (κ3) is 4.57. The molecule has 0 amide bonds. The van der Waals surface area contributed by atoms with Crippen molar-refractivity contribution in [2.75, 3.05) is 12.4 Å². The second kappa shape index (κ2) is 9.75. The van der Waals surface area contributed by atoms with Gasteiger partial charge in [-0.25, -0.2) is 18.0 Å². The Balaban J connectivity index is 1.73. The predicted octanol–water partition coefficient (Wildman–Crippen LogP) is 6.42. The van der Waals surface area contributed by atoms with Crippen molar-refractivity contribution < 1.29 is 36.2 Å². The van der Waals surface area contributed by atoms with E-state index in [2.05, 4.69) is 15.0 Å². The summed E-state index contributed by atoms with van der Waals surface area (Å²) < 4.78 is 78.2. The van der Waals surface area contributed by atoms with E-state index in [1.54, 1.807) is 42.5 Å². The molecule has 0 aliphatic heterocycles. The molecule has 0 saturated carbocycles. The number of ether oxygens (including phenoxy) is 2. The quantitative estimate of drug-likeness (QED) is 0.107. The lowest BCUT2D eigenvalue weighted by Gasteiger charge is -2.15. The van der Waals surface area contributed by atoms with Gasteiger partial charge in [0, 0.05) is 18.1 Å². The SMILES string of the molecule is COc1ccc(CNc2c(C(=O)Oc3c(F)c(F)c(F)c(F)c3F)cnc3ccccc23)cc1Cl. The predicted molar refractivity (Wildman–Crippen MR) is 118 cm³/mol. The van der Waals surface area contributed by atoms with Crippen LogP contribution in [0.4, 0.5) is 27.6 Å². The average Bonchev–Trinajstić information content (AvgIpc) is 2.87. The molecule has 1 N–H and O–H groups in total. The summed E-state index contributed by atoms with van der Waals surface area (Å²) in [6.45, 7) is 0.139. The zero-order valence-electron chi connectivity index (χ0n) is 17.8. The van der Waals surface area contributed by atoms with Crippen molar-refractivity contribution in [3.05, 3.63) is 93.9 Å². The number of esters is 1. The van der Waals surface area contributed by atoms with Gasteiger partial charge in [0.1, 0.15) is 11.3 Å². The van der Waals surface area contributed by atoms with Crippen LogP contribution in [0.25, 0.3) is 10.9 Å². The fourth-order valence-electron chi connectivity index (χ4n) is 3.32. The molecular formula is C24H14ClF5N2O3. The van der Waals surface area contributed by atoms with E-state index in [0.717, 1.165) is 6.20 Å². The molecule has 4 rings (SSSR count). The normalized spacial score (nSPS) is 10.9. The first kappa shape index (κ1) is 24.2. The van der Waals surface area contributed by atoms with Crippen molar-refractivity contribution in [3.8, 4) is 11.5 Å². The fourth-order valence-corrected chi connectivity index (χ4v) is 3.60. The van der Waals surface area contributed by atoms with E-state index in [9.17, 15) is 26.7 Å². The molecule has 4 aromatic rings. The first-order chi connectivity index (χ1) is 16.7. The molecule has 3 aromatic carbocycles. The number of anilines is 1. The molecule has 1 heterocycles. The molecule has 0 aliphatic carbocycles. The Hall–Kier alpha value is -3.92. The number of para-hydroxylation sites is 1. The first-order valence-corrected chi connectivity index (χ1v) is 10.3. The summed E-state index contributed by atoms with van der Waals surface area (Å²) in [5.74, 6) is -14.0. The van der Waals surface area contributed by atoms with Crippen molar-refractivity contribution in [3.63, 3.8) is 0 Å². The molecule has 0 aliphatic rings. The molecule has 0 bridgehead atoms. The Kier molecular flexibility index (Phi) is 6.74. The molecule has 11 heteroatoms. The molecular weight excluding hydrogens is 495 g/mol. The minimum absolute atomic E-state index is 0.139. The number of halogens is 6. The number of hydrogen-bond donors (Lipinski definition) is 1. The van der Waals surface area contributed by atoms with Gasteiger partial charge in [0.2, 0.25) is 34.8 Å². The summed E-state index contributed by atoms with van der Waals surface area (Å²) in [7, 11) is 1.46. The van der Waals surface area contributed by atoms with Crippen molar-refractivity contribution in [2.45, 2.75) is 6.54 Å². The Bertz CT molecular complexity index is 1440. The number of hydrogen-bond acceptors (Lipinski definition) is 5. The van der Waals surface area contributed by atoms with Gasteiger partial charge in [-0.2, -0.15) is 8.78 Å². The largest absolute Gasteiger partial charge is 0.495 e. The van der Waals surface area contributed by atoms with E-state index in [-0.39, 0.29) is 17.8 Å². The lowest BCUT2D eigenvalue weighted by Crippen LogP contribution is -2.16. The van der Waals surface area contributed by atoms with Crippen molar-refractivity contribution >= 4 is 34.2 Å². The van der Waals surface area contributed by atoms with E-state index in [1.807, 2.05) is 0 Å². The monoisotopic (exact) mass is 508 g/mol. The van der Waals surface area contributed by atoms with E-state index in [1.165, 1.54) is 7.11 Å². The van der Waals surface area contributed by atoms with E-state index in [4.69, 9.17) is 16.3 Å². The Morgan fingerprint density at radius 2 is 1.63 bits per heavy atom. The van der Waals surface area contributed by atoms with Gasteiger partial charge in [-0.05, 0) is 23.8 Å². The molecule has 5 nitrogen and oxygen atoms in total. The van der Waals surface area contributed by atoms with Crippen LogP contribution in [0, 0.1) is 29.1 Å². The standard InChI is InChI=1S/C24H14ClF5N2O3/c1-34-16-7-6-11(8-14(16)25)9-32-22-12-4-2-3-5-15(12)31-10-13(22)24(33)35-23-20(29)18(27)17(26)19(28)21(23)30/h2-8,10H,9H2,1H3,(H,31,32). The number of methoxy groups -OCH3 is 1. The average molecular weight is 509 g/mol. The molecule has 0 radical (unpaired) electrons. The maximum atomic E-state index is 14.0. The highest BCUT2D eigenvalue weighted by molar-refractivity contribution is 6.32. The molecule has 1 aromatic heterocycles. The summed E-state index contributed by atoms with van der Waals surface area (Å²) in [5, 5.41) is 3.82. The summed E-state index contributed by atoms with van der Waals surface area (Å²) >= 11 is 6.15. The molecule has 0 saturated heterocycles. The Morgan fingerprint density at radius 1 is 0.971 bits per heavy atom. The van der Waals surface area contributed by atoms with Gasteiger partial charge >= 0.3 is 5.97 Å². The van der Waals surface area contributed by atoms with Gasteiger partial charge in [-0.3, -0.25) is 4.98 Å². The number of carbonyl (C=O) groups is 1. The van der Waals surface area contributed by atoms with Gasteiger partial charge in [0.25, 0.3) is 0 Å². The number of nitrogens with one attached hydrogen (secondary N) is 1. The van der Waals surface area contributed by atoms with Gasteiger partial charge in [0.05, 0.1) is 23.3 Å². The van der Waals surface area contributed by atoms with Crippen molar-refractivity contribution in [2.24, 2.45) is 0 Å². The van der Waals surface area contributed by atoms with Crippen LogP contribution in [-0.2, 0) is 6.54 Å².